The van der Waals surface area contributed by atoms with Gasteiger partial charge >= 0.3 is 6.18 Å². The van der Waals surface area contributed by atoms with Gasteiger partial charge in [0.25, 0.3) is 0 Å². The molecule has 0 radical (unpaired) electrons. The number of halogens is 3. The van der Waals surface area contributed by atoms with Gasteiger partial charge in [-0.05, 0) is 18.2 Å². The first-order chi connectivity index (χ1) is 10.5. The van der Waals surface area contributed by atoms with E-state index in [1.807, 2.05) is 0 Å². The minimum absolute atomic E-state index is 0.206. The van der Waals surface area contributed by atoms with Crippen molar-refractivity contribution in [3.05, 3.63) is 35.7 Å². The first-order valence-electron chi connectivity index (χ1n) is 6.47. The molecule has 0 saturated heterocycles. The second kappa shape index (κ2) is 5.48. The van der Waals surface area contributed by atoms with Crippen molar-refractivity contribution >= 4 is 5.69 Å². The molecule has 0 amide bonds. The number of hydrogen-bond donors (Lipinski definition) is 1. The summed E-state index contributed by atoms with van der Waals surface area (Å²) in [5.74, 6) is 0.287. The summed E-state index contributed by atoms with van der Waals surface area (Å²) in [4.78, 5) is 1.65. The molecule has 1 aliphatic heterocycles. The number of aliphatic hydroxyl groups excluding tert-OH is 1. The highest BCUT2D eigenvalue weighted by molar-refractivity contribution is 5.62. The van der Waals surface area contributed by atoms with Gasteiger partial charge in [0.1, 0.15) is 17.5 Å². The summed E-state index contributed by atoms with van der Waals surface area (Å²) in [6.07, 6.45) is -3.58. The predicted molar refractivity (Wildman–Crippen MR) is 68.3 cm³/mol. The molecule has 0 spiro atoms. The van der Waals surface area contributed by atoms with E-state index in [1.54, 1.807) is 4.90 Å². The minimum Gasteiger partial charge on any atom is -0.484 e. The molecule has 1 aromatic heterocycles. The van der Waals surface area contributed by atoms with Crippen molar-refractivity contribution in [2.45, 2.75) is 18.8 Å². The van der Waals surface area contributed by atoms with Gasteiger partial charge in [-0.2, -0.15) is 13.2 Å². The molecule has 1 aromatic carbocycles. The fourth-order valence-electron chi connectivity index (χ4n) is 2.30. The topological polar surface area (TPSA) is 71.6 Å². The minimum atomic E-state index is -4.44. The number of hydrogen-bond acceptors (Lipinski definition) is 6. The van der Waals surface area contributed by atoms with Crippen molar-refractivity contribution in [2.24, 2.45) is 0 Å². The quantitative estimate of drug-likeness (QED) is 0.932. The number of aliphatic hydroxyl groups is 1. The maximum absolute atomic E-state index is 12.9. The standard InChI is InChI=1S/C13H12F3N3O3/c14-13(15,16)8-1-2-12-11(3-8)19(6-10(7-20)21-12)5-9-4-17-22-18-9/h1-4,10,20H,5-7H2. The highest BCUT2D eigenvalue weighted by atomic mass is 19.4. The van der Waals surface area contributed by atoms with Gasteiger partial charge in [0, 0.05) is 0 Å². The van der Waals surface area contributed by atoms with Gasteiger partial charge in [-0.3, -0.25) is 0 Å². The zero-order valence-corrected chi connectivity index (χ0v) is 11.2. The monoisotopic (exact) mass is 315 g/mol. The van der Waals surface area contributed by atoms with E-state index in [0.29, 0.717) is 11.4 Å². The van der Waals surface area contributed by atoms with Crippen molar-refractivity contribution in [3.8, 4) is 5.75 Å². The zero-order chi connectivity index (χ0) is 15.7. The summed E-state index contributed by atoms with van der Waals surface area (Å²) in [7, 11) is 0. The average molecular weight is 315 g/mol. The first-order valence-corrected chi connectivity index (χ1v) is 6.47. The second-order valence-corrected chi connectivity index (χ2v) is 4.88. The van der Waals surface area contributed by atoms with E-state index in [9.17, 15) is 18.3 Å². The lowest BCUT2D eigenvalue weighted by Crippen LogP contribution is -2.41. The Hall–Kier alpha value is -2.29. The third kappa shape index (κ3) is 2.84. The lowest BCUT2D eigenvalue weighted by Gasteiger charge is -2.35. The van der Waals surface area contributed by atoms with Crippen LogP contribution in [0.25, 0.3) is 0 Å². The van der Waals surface area contributed by atoms with E-state index in [1.165, 1.54) is 12.3 Å². The lowest BCUT2D eigenvalue weighted by atomic mass is 10.1. The SMILES string of the molecule is OCC1CN(Cc2cnon2)c2cc(C(F)(F)F)ccc2O1. The molecule has 0 bridgehead atoms. The summed E-state index contributed by atoms with van der Waals surface area (Å²) < 4.78 is 48.6. The van der Waals surface area contributed by atoms with E-state index >= 15 is 0 Å². The van der Waals surface area contributed by atoms with E-state index in [4.69, 9.17) is 4.74 Å². The third-order valence-electron chi connectivity index (χ3n) is 3.31. The molecule has 0 saturated carbocycles. The molecular weight excluding hydrogens is 303 g/mol. The molecular formula is C13H12F3N3O3. The highest BCUT2D eigenvalue weighted by Crippen LogP contribution is 2.39. The highest BCUT2D eigenvalue weighted by Gasteiger charge is 2.34. The molecule has 1 aliphatic rings. The molecule has 1 atom stereocenters. The Morgan fingerprint density at radius 1 is 1.36 bits per heavy atom. The number of alkyl halides is 3. The van der Waals surface area contributed by atoms with Gasteiger partial charge in [0.15, 0.2) is 0 Å². The van der Waals surface area contributed by atoms with Gasteiger partial charge in [0.2, 0.25) is 0 Å². The van der Waals surface area contributed by atoms with Crippen LogP contribution < -0.4 is 9.64 Å². The lowest BCUT2D eigenvalue weighted by molar-refractivity contribution is -0.137. The molecule has 22 heavy (non-hydrogen) atoms. The summed E-state index contributed by atoms with van der Waals surface area (Å²) in [6.45, 7) is 0.198. The number of benzene rings is 1. The van der Waals surface area contributed by atoms with Crippen LogP contribution in [0.3, 0.4) is 0 Å². The molecule has 1 N–H and O–H groups in total. The van der Waals surface area contributed by atoms with Crippen molar-refractivity contribution in [3.63, 3.8) is 0 Å². The Morgan fingerprint density at radius 3 is 2.82 bits per heavy atom. The Kier molecular flexibility index (Phi) is 3.65. The summed E-state index contributed by atoms with van der Waals surface area (Å²) >= 11 is 0. The van der Waals surface area contributed by atoms with E-state index < -0.39 is 17.8 Å². The van der Waals surface area contributed by atoms with Crippen LogP contribution >= 0.6 is 0 Å². The van der Waals surface area contributed by atoms with E-state index in [-0.39, 0.29) is 25.4 Å². The Morgan fingerprint density at radius 2 is 2.18 bits per heavy atom. The second-order valence-electron chi connectivity index (χ2n) is 4.88. The Labute approximate surface area is 123 Å². The van der Waals surface area contributed by atoms with Gasteiger partial charge in [0.05, 0.1) is 37.1 Å². The molecule has 9 heteroatoms. The van der Waals surface area contributed by atoms with Crippen LogP contribution in [0.2, 0.25) is 0 Å². The number of fused-ring (bicyclic) bond motifs is 1. The van der Waals surface area contributed by atoms with Crippen LogP contribution in [0.15, 0.2) is 29.0 Å². The number of ether oxygens (including phenoxy) is 1. The summed E-state index contributed by atoms with van der Waals surface area (Å²) in [5.41, 5.74) is 0.00468. The van der Waals surface area contributed by atoms with Gasteiger partial charge in [-0.15, -0.1) is 0 Å². The summed E-state index contributed by atoms with van der Waals surface area (Å²) in [5, 5.41) is 16.4. The van der Waals surface area contributed by atoms with E-state index in [2.05, 4.69) is 14.9 Å². The molecule has 0 aliphatic carbocycles. The molecule has 2 aromatic rings. The fraction of sp³-hybridized carbons (Fsp3) is 0.385. The smallest absolute Gasteiger partial charge is 0.416 e. The third-order valence-corrected chi connectivity index (χ3v) is 3.31. The molecule has 0 fully saturated rings. The van der Waals surface area contributed by atoms with Crippen molar-refractivity contribution in [2.75, 3.05) is 18.1 Å². The number of rotatable bonds is 3. The van der Waals surface area contributed by atoms with Crippen LogP contribution in [0.1, 0.15) is 11.3 Å². The zero-order valence-electron chi connectivity index (χ0n) is 11.2. The number of nitrogens with zero attached hydrogens (tertiary/aromatic N) is 3. The maximum atomic E-state index is 12.9. The van der Waals surface area contributed by atoms with Gasteiger partial charge in [-0.1, -0.05) is 10.3 Å². The van der Waals surface area contributed by atoms with Crippen LogP contribution in [0.4, 0.5) is 18.9 Å². The van der Waals surface area contributed by atoms with Gasteiger partial charge in [-0.25, -0.2) is 4.63 Å². The van der Waals surface area contributed by atoms with Crippen LogP contribution in [-0.2, 0) is 12.7 Å². The van der Waals surface area contributed by atoms with Crippen LogP contribution in [0.5, 0.6) is 5.75 Å². The maximum Gasteiger partial charge on any atom is 0.416 e. The van der Waals surface area contributed by atoms with Crippen LogP contribution in [-0.4, -0.2) is 34.7 Å². The Balaban J connectivity index is 1.96. The Bertz CT molecular complexity index is 646. The fourth-order valence-corrected chi connectivity index (χ4v) is 2.30. The molecule has 2 heterocycles. The van der Waals surface area contributed by atoms with Crippen molar-refractivity contribution < 1.29 is 27.6 Å². The average Bonchev–Trinajstić information content (AvgIpc) is 2.98. The normalized spacial score (nSPS) is 18.0. The number of anilines is 1. The first kappa shape index (κ1) is 14.6. The van der Waals surface area contributed by atoms with Crippen molar-refractivity contribution in [1.29, 1.82) is 0 Å². The number of aromatic nitrogens is 2. The predicted octanol–water partition coefficient (Wildman–Crippen LogP) is 1.85. The van der Waals surface area contributed by atoms with Crippen LogP contribution in [0, 0.1) is 0 Å². The summed E-state index contributed by atoms with van der Waals surface area (Å²) in [6, 6.07) is 3.24. The van der Waals surface area contributed by atoms with E-state index in [0.717, 1.165) is 12.1 Å². The largest absolute Gasteiger partial charge is 0.484 e. The molecule has 3 rings (SSSR count). The van der Waals surface area contributed by atoms with Crippen molar-refractivity contribution in [1.82, 2.24) is 10.3 Å². The molecule has 118 valence electrons. The van der Waals surface area contributed by atoms with Gasteiger partial charge < -0.3 is 14.7 Å². The molecule has 6 nitrogen and oxygen atoms in total. The molecule has 1 unspecified atom stereocenters.